The van der Waals surface area contributed by atoms with Crippen molar-refractivity contribution >= 4 is 27.1 Å². The van der Waals surface area contributed by atoms with Gasteiger partial charge in [-0.2, -0.15) is 13.2 Å². The quantitative estimate of drug-likeness (QED) is 0.534. The number of carbonyl (C=O) groups excluding carboxylic acids is 1. The molecule has 0 saturated heterocycles. The fourth-order valence-electron chi connectivity index (χ4n) is 2.41. The summed E-state index contributed by atoms with van der Waals surface area (Å²) in [5.41, 5.74) is -5.80. The predicted molar refractivity (Wildman–Crippen MR) is 95.8 cm³/mol. The number of benzene rings is 2. The molecule has 29 heavy (non-hydrogen) atoms. The Morgan fingerprint density at radius 1 is 1.17 bits per heavy atom. The Bertz CT molecular complexity index is 1040. The molecule has 8 nitrogen and oxygen atoms in total. The Hall–Kier alpha value is -2.99. The molecule has 1 unspecified atom stereocenters. The molecule has 12 heteroatoms. The van der Waals surface area contributed by atoms with Crippen LogP contribution in [0.1, 0.15) is 12.5 Å². The largest absolute Gasteiger partial charge is 0.423 e. The molecule has 2 rings (SSSR count). The summed E-state index contributed by atoms with van der Waals surface area (Å²) in [4.78, 5) is 21.7. The zero-order valence-corrected chi connectivity index (χ0v) is 15.6. The molecule has 2 aromatic carbocycles. The number of alkyl halides is 3. The lowest BCUT2D eigenvalue weighted by atomic mass is 10.1. The minimum atomic E-state index is -5.07. The molecule has 0 aliphatic rings. The van der Waals surface area contributed by atoms with Gasteiger partial charge >= 0.3 is 6.18 Å². The van der Waals surface area contributed by atoms with E-state index in [0.29, 0.717) is 12.1 Å². The number of hydrogen-bond acceptors (Lipinski definition) is 6. The van der Waals surface area contributed by atoms with Crippen LogP contribution in [0.15, 0.2) is 53.4 Å². The highest BCUT2D eigenvalue weighted by atomic mass is 32.2. The summed E-state index contributed by atoms with van der Waals surface area (Å²) in [6.45, 7) is 0.888. The maximum atomic E-state index is 13.0. The fourth-order valence-corrected chi connectivity index (χ4v) is 4.02. The minimum absolute atomic E-state index is 0.150. The van der Waals surface area contributed by atoms with Gasteiger partial charge in [-0.05, 0) is 31.2 Å². The normalized spacial score (nSPS) is 14.1. The number of nitro groups is 1. The molecule has 0 spiro atoms. The molecular weight excluding hydrogens is 417 g/mol. The molecular formula is C17H15F3N2O6S. The van der Waals surface area contributed by atoms with Crippen LogP contribution in [0.4, 0.5) is 24.5 Å². The van der Waals surface area contributed by atoms with Crippen molar-refractivity contribution in [3.63, 3.8) is 0 Å². The number of amides is 1. The van der Waals surface area contributed by atoms with Gasteiger partial charge in [0, 0.05) is 11.8 Å². The third kappa shape index (κ3) is 5.29. The van der Waals surface area contributed by atoms with E-state index < -0.39 is 55.1 Å². The van der Waals surface area contributed by atoms with Crippen molar-refractivity contribution in [2.75, 3.05) is 11.1 Å². The number of halogens is 3. The van der Waals surface area contributed by atoms with Crippen molar-refractivity contribution in [3.05, 3.63) is 64.2 Å². The summed E-state index contributed by atoms with van der Waals surface area (Å²) < 4.78 is 63.8. The van der Waals surface area contributed by atoms with Gasteiger partial charge in [-0.15, -0.1) is 0 Å². The first-order valence-electron chi connectivity index (χ1n) is 7.91. The molecule has 0 aromatic heterocycles. The number of sulfone groups is 1. The third-order valence-corrected chi connectivity index (χ3v) is 5.75. The summed E-state index contributed by atoms with van der Waals surface area (Å²) >= 11 is 0. The van der Waals surface area contributed by atoms with E-state index in [2.05, 4.69) is 0 Å². The van der Waals surface area contributed by atoms with Crippen molar-refractivity contribution in [2.24, 2.45) is 0 Å². The highest BCUT2D eigenvalue weighted by Gasteiger charge is 2.40. The van der Waals surface area contributed by atoms with Gasteiger partial charge in [-0.3, -0.25) is 14.9 Å². The van der Waals surface area contributed by atoms with Crippen LogP contribution in [0.5, 0.6) is 0 Å². The maximum Gasteiger partial charge on any atom is 0.423 e. The van der Waals surface area contributed by atoms with Crippen LogP contribution in [0.25, 0.3) is 0 Å². The molecule has 1 atom stereocenters. The van der Waals surface area contributed by atoms with Crippen LogP contribution in [-0.4, -0.2) is 35.7 Å². The summed E-state index contributed by atoms with van der Waals surface area (Å²) in [6.07, 6.45) is -5.07. The molecule has 0 saturated carbocycles. The fraction of sp³-hybridized carbons (Fsp3) is 0.235. The Balaban J connectivity index is 2.28. The number of anilines is 1. The van der Waals surface area contributed by atoms with Crippen LogP contribution < -0.4 is 5.32 Å². The van der Waals surface area contributed by atoms with E-state index in [-0.39, 0.29) is 4.90 Å². The topological polar surface area (TPSA) is 127 Å². The SMILES string of the molecule is CC(O)(CS(=O)(=O)c1ccccc1)C(=O)Nc1ccc([N+](=O)[O-])c(C(F)(F)F)c1. The number of nitrogens with one attached hydrogen (secondary N) is 1. The number of rotatable bonds is 6. The average molecular weight is 432 g/mol. The lowest BCUT2D eigenvalue weighted by Gasteiger charge is -2.22. The van der Waals surface area contributed by atoms with Gasteiger partial charge in [0.1, 0.15) is 5.56 Å². The zero-order valence-electron chi connectivity index (χ0n) is 14.8. The van der Waals surface area contributed by atoms with E-state index in [0.717, 1.165) is 13.0 Å². The van der Waals surface area contributed by atoms with Crippen LogP contribution >= 0.6 is 0 Å². The van der Waals surface area contributed by atoms with Gasteiger partial charge in [0.05, 0.1) is 15.6 Å². The predicted octanol–water partition coefficient (Wildman–Crippen LogP) is 2.78. The van der Waals surface area contributed by atoms with Crippen molar-refractivity contribution in [1.82, 2.24) is 0 Å². The van der Waals surface area contributed by atoms with Gasteiger partial charge in [-0.1, -0.05) is 18.2 Å². The van der Waals surface area contributed by atoms with Gasteiger partial charge in [0.25, 0.3) is 11.6 Å². The lowest BCUT2D eigenvalue weighted by molar-refractivity contribution is -0.388. The van der Waals surface area contributed by atoms with E-state index in [1.165, 1.54) is 24.3 Å². The van der Waals surface area contributed by atoms with Crippen molar-refractivity contribution < 1.29 is 36.4 Å². The second-order valence-corrected chi connectivity index (χ2v) is 8.28. The lowest BCUT2D eigenvalue weighted by Crippen LogP contribution is -2.45. The Kier molecular flexibility index (Phi) is 5.99. The zero-order chi connectivity index (χ0) is 22.0. The molecule has 0 heterocycles. The van der Waals surface area contributed by atoms with Crippen LogP contribution in [0.3, 0.4) is 0 Å². The molecule has 0 fully saturated rings. The number of carbonyl (C=O) groups is 1. The molecule has 0 radical (unpaired) electrons. The summed E-state index contributed by atoms with van der Waals surface area (Å²) in [5, 5.41) is 23.0. The molecule has 0 aliphatic heterocycles. The highest BCUT2D eigenvalue weighted by Crippen LogP contribution is 2.37. The van der Waals surface area contributed by atoms with Gasteiger partial charge in [0.15, 0.2) is 15.4 Å². The number of nitro benzene ring substituents is 1. The van der Waals surface area contributed by atoms with E-state index in [9.17, 15) is 41.6 Å². The van der Waals surface area contributed by atoms with Crippen molar-refractivity contribution in [1.29, 1.82) is 0 Å². The number of nitrogens with zero attached hydrogens (tertiary/aromatic N) is 1. The van der Waals surface area contributed by atoms with Crippen LogP contribution in [-0.2, 0) is 20.8 Å². The minimum Gasteiger partial charge on any atom is -0.379 e. The van der Waals surface area contributed by atoms with E-state index in [4.69, 9.17) is 0 Å². The Morgan fingerprint density at radius 3 is 2.28 bits per heavy atom. The Labute approximate surface area is 163 Å². The molecule has 156 valence electrons. The summed E-state index contributed by atoms with van der Waals surface area (Å²) in [7, 11) is -4.08. The molecule has 0 bridgehead atoms. The second-order valence-electron chi connectivity index (χ2n) is 6.29. The first-order valence-corrected chi connectivity index (χ1v) is 9.56. The maximum absolute atomic E-state index is 13.0. The summed E-state index contributed by atoms with van der Waals surface area (Å²) in [5.74, 6) is -2.33. The molecule has 2 aromatic rings. The standard InChI is InChI=1S/C17H15F3N2O6S/c1-16(24,10-29(27,28)12-5-3-2-4-6-12)15(23)21-11-7-8-14(22(25)26)13(9-11)17(18,19)20/h2-9,24H,10H2,1H3,(H,21,23). The Morgan fingerprint density at radius 2 is 1.76 bits per heavy atom. The molecule has 0 aliphatic carbocycles. The van der Waals surface area contributed by atoms with Gasteiger partial charge in [0.2, 0.25) is 0 Å². The second kappa shape index (κ2) is 7.79. The van der Waals surface area contributed by atoms with E-state index >= 15 is 0 Å². The smallest absolute Gasteiger partial charge is 0.379 e. The summed E-state index contributed by atoms with van der Waals surface area (Å²) in [6, 6.07) is 8.69. The first kappa shape index (κ1) is 22.3. The number of hydrogen-bond donors (Lipinski definition) is 2. The van der Waals surface area contributed by atoms with Gasteiger partial charge < -0.3 is 10.4 Å². The van der Waals surface area contributed by atoms with E-state index in [1.54, 1.807) is 6.07 Å². The average Bonchev–Trinajstić information content (AvgIpc) is 2.60. The van der Waals surface area contributed by atoms with Crippen LogP contribution in [0.2, 0.25) is 0 Å². The monoisotopic (exact) mass is 432 g/mol. The van der Waals surface area contributed by atoms with Crippen molar-refractivity contribution in [2.45, 2.75) is 23.6 Å². The molecule has 2 N–H and O–H groups in total. The highest BCUT2D eigenvalue weighted by molar-refractivity contribution is 7.91. The van der Waals surface area contributed by atoms with Crippen molar-refractivity contribution in [3.8, 4) is 0 Å². The van der Waals surface area contributed by atoms with Gasteiger partial charge in [-0.25, -0.2) is 8.42 Å². The third-order valence-electron chi connectivity index (χ3n) is 3.82. The first-order chi connectivity index (χ1) is 13.2. The van der Waals surface area contributed by atoms with E-state index in [1.807, 2.05) is 5.32 Å². The van der Waals surface area contributed by atoms with Crippen LogP contribution in [0, 0.1) is 10.1 Å². The number of aliphatic hydroxyl groups is 1. The molecule has 1 amide bonds.